The van der Waals surface area contributed by atoms with Crippen LogP contribution in [-0.4, -0.2) is 52.3 Å². The van der Waals surface area contributed by atoms with Gasteiger partial charge in [0.1, 0.15) is 17.2 Å². The van der Waals surface area contributed by atoms with Gasteiger partial charge in [-0.25, -0.2) is 9.37 Å². The number of hydrogen-bond donors (Lipinski definition) is 2. The number of aliphatic hydroxyl groups is 1. The number of nitrogens with zero attached hydrogens (tertiary/aromatic N) is 3. The molecule has 2 fully saturated rings. The van der Waals surface area contributed by atoms with Gasteiger partial charge in [-0.15, -0.1) is 24.8 Å². The fraction of sp³-hybridized carbons (Fsp3) is 0.571. The highest BCUT2D eigenvalue weighted by molar-refractivity contribution is 5.85. The Kier molecular flexibility index (Phi) is 8.97. The average Bonchev–Trinajstić information content (AvgIpc) is 3.36. The Balaban J connectivity index is 0.00000181. The van der Waals surface area contributed by atoms with Crippen LogP contribution in [0.2, 0.25) is 0 Å². The maximum Gasteiger partial charge on any atom is 0.419 e. The second-order valence-corrected chi connectivity index (χ2v) is 8.17. The van der Waals surface area contributed by atoms with E-state index in [4.69, 9.17) is 0 Å². The molecule has 0 amide bonds. The predicted octanol–water partition coefficient (Wildman–Crippen LogP) is 4.22. The Bertz CT molecular complexity index is 894. The molecule has 180 valence electrons. The largest absolute Gasteiger partial charge is 0.419 e. The quantitative estimate of drug-likeness (QED) is 0.606. The van der Waals surface area contributed by atoms with Crippen molar-refractivity contribution in [3.63, 3.8) is 0 Å². The number of benzene rings is 1. The monoisotopic (exact) mass is 498 g/mol. The summed E-state index contributed by atoms with van der Waals surface area (Å²) in [5.41, 5.74) is -1.96. The van der Waals surface area contributed by atoms with Crippen molar-refractivity contribution in [2.45, 2.75) is 44.0 Å². The first kappa shape index (κ1) is 26.9. The molecule has 0 spiro atoms. The van der Waals surface area contributed by atoms with Crippen LogP contribution in [0.15, 0.2) is 24.4 Å². The fourth-order valence-corrected chi connectivity index (χ4v) is 4.32. The van der Waals surface area contributed by atoms with Crippen LogP contribution in [0.25, 0.3) is 11.3 Å². The van der Waals surface area contributed by atoms with Crippen LogP contribution < -0.4 is 5.32 Å². The van der Waals surface area contributed by atoms with Gasteiger partial charge in [0, 0.05) is 24.8 Å². The van der Waals surface area contributed by atoms with Gasteiger partial charge in [-0.2, -0.15) is 13.2 Å². The summed E-state index contributed by atoms with van der Waals surface area (Å²) in [5, 5.41) is 14.4. The Morgan fingerprint density at radius 2 is 1.72 bits per heavy atom. The molecule has 2 saturated heterocycles. The second kappa shape index (κ2) is 10.7. The summed E-state index contributed by atoms with van der Waals surface area (Å²) in [6, 6.07) is 2.91. The smallest absolute Gasteiger partial charge is 0.382 e. The van der Waals surface area contributed by atoms with Crippen LogP contribution >= 0.6 is 24.8 Å². The molecule has 3 heterocycles. The number of piperidine rings is 1. The Labute approximate surface area is 197 Å². The third-order valence-corrected chi connectivity index (χ3v) is 6.05. The van der Waals surface area contributed by atoms with Crippen molar-refractivity contribution in [3.8, 4) is 11.3 Å². The van der Waals surface area contributed by atoms with Crippen molar-refractivity contribution in [3.05, 3.63) is 41.6 Å². The standard InChI is InChI=1S/C21H26F4N4O.2ClH/c22-17-4-3-15(13-16(17)21(23,24)25)18-14-29(12-11-28-9-1-2-10-28)19(27-18)20(30)5-7-26-8-6-20;;/h3-4,13-14,26,30H,1-2,5-12H2;2*1H. The van der Waals surface area contributed by atoms with E-state index in [1.807, 2.05) is 4.57 Å². The van der Waals surface area contributed by atoms with Gasteiger partial charge in [0.05, 0.1) is 11.3 Å². The van der Waals surface area contributed by atoms with Crippen molar-refractivity contribution in [2.24, 2.45) is 0 Å². The topological polar surface area (TPSA) is 53.3 Å². The first-order valence-corrected chi connectivity index (χ1v) is 10.4. The first-order chi connectivity index (χ1) is 14.3. The lowest BCUT2D eigenvalue weighted by Gasteiger charge is -2.32. The van der Waals surface area contributed by atoms with Crippen LogP contribution in [0.3, 0.4) is 0 Å². The summed E-state index contributed by atoms with van der Waals surface area (Å²) < 4.78 is 55.0. The summed E-state index contributed by atoms with van der Waals surface area (Å²) >= 11 is 0. The molecule has 2 aliphatic heterocycles. The van der Waals surface area contributed by atoms with E-state index in [9.17, 15) is 22.7 Å². The third kappa shape index (κ3) is 5.75. The summed E-state index contributed by atoms with van der Waals surface area (Å²) in [6.07, 6.45) is 0.170. The molecule has 0 saturated carbocycles. The van der Waals surface area contributed by atoms with E-state index in [1.165, 1.54) is 6.07 Å². The Morgan fingerprint density at radius 1 is 1.06 bits per heavy atom. The molecule has 1 aromatic carbocycles. The zero-order valence-corrected chi connectivity index (χ0v) is 19.1. The minimum absolute atomic E-state index is 0. The van der Waals surface area contributed by atoms with Crippen LogP contribution in [-0.2, 0) is 18.3 Å². The molecule has 4 rings (SSSR count). The van der Waals surface area contributed by atoms with Crippen molar-refractivity contribution in [1.82, 2.24) is 19.8 Å². The van der Waals surface area contributed by atoms with E-state index in [1.54, 1.807) is 6.20 Å². The lowest BCUT2D eigenvalue weighted by Crippen LogP contribution is -2.42. The van der Waals surface area contributed by atoms with Gasteiger partial charge in [-0.1, -0.05) is 0 Å². The van der Waals surface area contributed by atoms with Gasteiger partial charge in [0.15, 0.2) is 0 Å². The molecular weight excluding hydrogens is 471 g/mol. The molecule has 32 heavy (non-hydrogen) atoms. The molecule has 2 aromatic rings. The molecule has 2 N–H and O–H groups in total. The highest BCUT2D eigenvalue weighted by atomic mass is 35.5. The molecule has 0 radical (unpaired) electrons. The highest BCUT2D eigenvalue weighted by Gasteiger charge is 2.37. The number of aromatic nitrogens is 2. The molecule has 0 aliphatic carbocycles. The van der Waals surface area contributed by atoms with E-state index in [0.29, 0.717) is 44.0 Å². The van der Waals surface area contributed by atoms with Crippen molar-refractivity contribution in [1.29, 1.82) is 0 Å². The number of hydrogen-bond acceptors (Lipinski definition) is 4. The molecule has 0 atom stereocenters. The van der Waals surface area contributed by atoms with Crippen molar-refractivity contribution >= 4 is 24.8 Å². The van der Waals surface area contributed by atoms with Crippen LogP contribution in [0, 0.1) is 5.82 Å². The highest BCUT2D eigenvalue weighted by Crippen LogP contribution is 2.36. The van der Waals surface area contributed by atoms with E-state index >= 15 is 0 Å². The summed E-state index contributed by atoms with van der Waals surface area (Å²) in [4.78, 5) is 6.88. The Morgan fingerprint density at radius 3 is 2.34 bits per heavy atom. The number of imidazole rings is 1. The molecule has 0 unspecified atom stereocenters. The maximum atomic E-state index is 13.7. The number of rotatable bonds is 5. The maximum absolute atomic E-state index is 13.7. The van der Waals surface area contributed by atoms with Crippen molar-refractivity contribution < 1.29 is 22.7 Å². The van der Waals surface area contributed by atoms with Gasteiger partial charge in [-0.3, -0.25) is 0 Å². The van der Waals surface area contributed by atoms with Crippen LogP contribution in [0.5, 0.6) is 0 Å². The second-order valence-electron chi connectivity index (χ2n) is 8.17. The Hall–Kier alpha value is -1.39. The van der Waals surface area contributed by atoms with Crippen LogP contribution in [0.1, 0.15) is 37.1 Å². The molecule has 1 aromatic heterocycles. The SMILES string of the molecule is Cl.Cl.OC1(c2nc(-c3ccc(F)c(C(F)(F)F)c3)cn2CCN2CCCC2)CCNCC1. The summed E-state index contributed by atoms with van der Waals surface area (Å²) in [6.45, 7) is 4.70. The van der Waals surface area contributed by atoms with Gasteiger partial charge in [0.2, 0.25) is 0 Å². The molecule has 11 heteroatoms. The lowest BCUT2D eigenvalue weighted by atomic mass is 9.91. The first-order valence-electron chi connectivity index (χ1n) is 10.4. The fourth-order valence-electron chi connectivity index (χ4n) is 4.32. The van der Waals surface area contributed by atoms with Gasteiger partial charge in [-0.05, 0) is 70.1 Å². The van der Waals surface area contributed by atoms with E-state index in [-0.39, 0.29) is 30.4 Å². The minimum atomic E-state index is -4.78. The van der Waals surface area contributed by atoms with E-state index < -0.39 is 23.2 Å². The molecule has 0 bridgehead atoms. The average molecular weight is 499 g/mol. The molecule has 2 aliphatic rings. The third-order valence-electron chi connectivity index (χ3n) is 6.05. The normalized spacial score (nSPS) is 18.8. The number of halogens is 6. The summed E-state index contributed by atoms with van der Waals surface area (Å²) in [5.74, 6) is -0.840. The van der Waals surface area contributed by atoms with E-state index in [2.05, 4.69) is 15.2 Å². The van der Waals surface area contributed by atoms with Gasteiger partial charge >= 0.3 is 6.18 Å². The molecular formula is C21H28Cl2F4N4O. The predicted molar refractivity (Wildman–Crippen MR) is 119 cm³/mol. The van der Waals surface area contributed by atoms with Gasteiger partial charge < -0.3 is 19.9 Å². The minimum Gasteiger partial charge on any atom is -0.382 e. The number of likely N-dealkylation sites (tertiary alicyclic amines) is 1. The zero-order valence-electron chi connectivity index (χ0n) is 17.5. The number of nitrogens with one attached hydrogen (secondary N) is 1. The van der Waals surface area contributed by atoms with Crippen molar-refractivity contribution in [2.75, 3.05) is 32.7 Å². The van der Waals surface area contributed by atoms with E-state index in [0.717, 1.165) is 44.6 Å². The zero-order chi connectivity index (χ0) is 21.4. The van der Waals surface area contributed by atoms with Crippen LogP contribution in [0.4, 0.5) is 17.6 Å². The number of alkyl halides is 3. The summed E-state index contributed by atoms with van der Waals surface area (Å²) in [7, 11) is 0. The lowest BCUT2D eigenvalue weighted by molar-refractivity contribution is -0.139. The van der Waals surface area contributed by atoms with Gasteiger partial charge in [0.25, 0.3) is 0 Å². The molecule has 5 nitrogen and oxygen atoms in total.